The molecule has 0 unspecified atom stereocenters. The van der Waals surface area contributed by atoms with Crippen molar-refractivity contribution in [2.45, 2.75) is 209 Å². The predicted molar refractivity (Wildman–Crippen MR) is 419 cm³/mol. The van der Waals surface area contributed by atoms with E-state index in [-0.39, 0.29) is 152 Å². The molecule has 2 saturated heterocycles. The smallest absolute Gasteiger partial charge is 0.305 e. The van der Waals surface area contributed by atoms with Crippen LogP contribution >= 0.6 is 11.8 Å². The summed E-state index contributed by atoms with van der Waals surface area (Å²) in [7, 11) is 0. The molecule has 49 heteroatoms. The number of carboxylic acid groups (broad SMARTS) is 2. The van der Waals surface area contributed by atoms with Crippen LogP contribution < -0.4 is 109 Å². The maximum atomic E-state index is 14.7. The average Bonchev–Trinajstić information content (AvgIpc) is 1.69. The van der Waals surface area contributed by atoms with Crippen LogP contribution in [0.2, 0.25) is 0 Å². The first-order valence-electron chi connectivity index (χ1n) is 37.7. The molecule has 0 saturated carbocycles. The molecule has 0 aromatic heterocycles. The highest BCUT2D eigenvalue weighted by Gasteiger charge is 2.43. The molecule has 0 spiro atoms. The number of likely N-dealkylation sites (tertiary alicyclic amines) is 2. The maximum absolute atomic E-state index is 14.7. The van der Waals surface area contributed by atoms with Crippen molar-refractivity contribution in [3.05, 3.63) is 0 Å². The van der Waals surface area contributed by atoms with Gasteiger partial charge in [-0.3, -0.25) is 101 Å². The quantitative estimate of drug-likeness (QED) is 0.0153. The lowest BCUT2D eigenvalue weighted by Crippen LogP contribution is -2.60. The van der Waals surface area contributed by atoms with Crippen LogP contribution in [0.15, 0.2) is 15.0 Å². The number of hydrogen-bond donors (Lipinski definition) is 25. The number of aliphatic hydroxyl groups excluding tert-OH is 3. The van der Waals surface area contributed by atoms with Crippen LogP contribution in [-0.2, 0) is 86.3 Å². The van der Waals surface area contributed by atoms with E-state index in [9.17, 15) is 112 Å². The summed E-state index contributed by atoms with van der Waals surface area (Å²) in [6.07, 6.45) is 0.0665. The van der Waals surface area contributed by atoms with E-state index in [4.69, 9.17) is 40.1 Å². The van der Waals surface area contributed by atoms with E-state index in [1.165, 1.54) is 16.7 Å². The van der Waals surface area contributed by atoms with Crippen LogP contribution in [-0.4, -0.2) is 316 Å². The number of aliphatic imine (C=N–C) groups is 3. The van der Waals surface area contributed by atoms with E-state index in [0.717, 1.165) is 11.8 Å². The third-order valence-electron chi connectivity index (χ3n) is 17.7. The zero-order valence-corrected chi connectivity index (χ0v) is 67.1. The van der Waals surface area contributed by atoms with Crippen molar-refractivity contribution in [2.24, 2.45) is 66.9 Å². The van der Waals surface area contributed by atoms with Gasteiger partial charge >= 0.3 is 11.9 Å². The summed E-state index contributed by atoms with van der Waals surface area (Å²) in [5.74, 6) is -20.1. The van der Waals surface area contributed by atoms with Crippen molar-refractivity contribution in [1.82, 2.24) is 78.9 Å². The van der Waals surface area contributed by atoms with E-state index in [0.29, 0.717) is 0 Å². The lowest BCUT2D eigenvalue weighted by molar-refractivity contribution is -0.146. The van der Waals surface area contributed by atoms with E-state index < -0.39 is 231 Å². The molecule has 0 bridgehead atoms. The first kappa shape index (κ1) is 102. The van der Waals surface area contributed by atoms with Gasteiger partial charge in [0.05, 0.1) is 45.8 Å². The summed E-state index contributed by atoms with van der Waals surface area (Å²) in [6.45, 7) is 2.63. The maximum Gasteiger partial charge on any atom is 0.305 e. The molecule has 13 atom stereocenters. The van der Waals surface area contributed by atoms with E-state index >= 15 is 0 Å². The third-order valence-corrected chi connectivity index (χ3v) is 18.4. The average molecular weight is 1680 g/mol. The second-order valence-corrected chi connectivity index (χ2v) is 29.3. The second kappa shape index (κ2) is 52.9. The van der Waals surface area contributed by atoms with Gasteiger partial charge in [-0.05, 0) is 107 Å². The number of aliphatic hydroxyl groups is 3. The van der Waals surface area contributed by atoms with Gasteiger partial charge in [0, 0.05) is 39.6 Å². The molecule has 117 heavy (non-hydrogen) atoms. The van der Waals surface area contributed by atoms with Crippen molar-refractivity contribution < 1.29 is 112 Å². The molecule has 0 aromatic rings. The Morgan fingerprint density at radius 3 is 1.14 bits per heavy atom. The van der Waals surface area contributed by atoms with Gasteiger partial charge in [0.15, 0.2) is 17.9 Å². The van der Waals surface area contributed by atoms with E-state index in [1.54, 1.807) is 34.0 Å². The number of amides is 16. The molecular formula is C68H117N25O23S. The van der Waals surface area contributed by atoms with Gasteiger partial charge in [-0.15, -0.1) is 0 Å². The summed E-state index contributed by atoms with van der Waals surface area (Å²) in [6, 6.07) is -19.9. The molecule has 0 aliphatic carbocycles. The fraction of sp³-hybridized carbons (Fsp3) is 0.691. The van der Waals surface area contributed by atoms with Crippen LogP contribution in [0.4, 0.5) is 0 Å². The van der Waals surface area contributed by atoms with Crippen LogP contribution in [0.3, 0.4) is 0 Å². The lowest BCUT2D eigenvalue weighted by Gasteiger charge is -2.31. The first-order valence-corrected chi connectivity index (χ1v) is 39.1. The number of aliphatic carboxylic acids is 2. The molecule has 2 heterocycles. The van der Waals surface area contributed by atoms with Crippen molar-refractivity contribution in [2.75, 3.05) is 77.6 Å². The number of guanidine groups is 3. The van der Waals surface area contributed by atoms with Gasteiger partial charge in [0.1, 0.15) is 78.5 Å². The molecule has 32 N–H and O–H groups in total. The van der Waals surface area contributed by atoms with Crippen molar-refractivity contribution in [3.63, 3.8) is 0 Å². The number of nitrogens with two attached hydrogens (primary N) is 7. The molecule has 16 amide bonds. The molecule has 0 aromatic carbocycles. The van der Waals surface area contributed by atoms with Crippen molar-refractivity contribution in [1.29, 1.82) is 0 Å². The number of thioether (sulfide) groups is 1. The van der Waals surface area contributed by atoms with Crippen LogP contribution in [0.25, 0.3) is 0 Å². The standard InChI is InChI=1S/C68H117N25O23S/c1-33(2)24-40(82-49(98)28-80-55(106)44(30-94)90-59(110)42(26-51(100)101)81-35(5)97)57(108)91-46(32-96)61(112)87-39(17-23-117-6)64(115)92-21-10-16-48(92)63(114)86-38(14-9-20-78-68(74)75)56(107)88-41(25-34(3)4)58(109)85-37(13-8-19-77-67(72)73)54(105)79-29-50(99)83-45(31-95)60(111)89-43(27-52(102)103)65(116)93-22-11-15-47(93)62(113)84-36(53(69)104)12-7-18-76-66(70)71/h33-34,36-48,94-96H,7-32H2,1-6H3,(H2,69,104)(H,79,105)(H,80,106)(H,81,97)(H,82,98)(H,83,99)(H,84,113)(H,85,109)(H,86,114)(H,87,112)(H,88,107)(H,89,111)(H,90,110)(H,91,108)(H,100,101)(H,102,103)(H4,70,71,76)(H4,72,73,77)(H4,74,75,78)/t36-,37-,38-,39-,40-,41-,42-,43-,44-,45-,46-,47-,48-/m0/s1. The lowest BCUT2D eigenvalue weighted by atomic mass is 10.0. The minimum Gasteiger partial charge on any atom is -0.481 e. The Bertz CT molecular complexity index is 3530. The highest BCUT2D eigenvalue weighted by atomic mass is 32.2. The van der Waals surface area contributed by atoms with Crippen LogP contribution in [0.5, 0.6) is 0 Å². The summed E-state index contributed by atoms with van der Waals surface area (Å²) in [5, 5.41) is 80.3. The summed E-state index contributed by atoms with van der Waals surface area (Å²) in [4.78, 5) is 255. The topological polar surface area (TPSA) is 790 Å². The SMILES string of the molecule is CSCC[C@H](NC(=O)[C@H](CO)NC(=O)[C@H](CC(C)C)NC(=O)CNC(=O)[C@H](CO)NC(=O)[C@H](CC(=O)O)NC(C)=O)C(=O)N1CCC[C@H]1C(=O)N[C@@H](CCCN=C(N)N)C(=O)N[C@@H](CC(C)C)C(=O)N[C@@H](CCCN=C(N)N)C(=O)NCC(=O)N[C@@H](CO)C(=O)N[C@@H](CC(=O)O)C(=O)N1CCC[C@H]1C(=O)N[C@@H](CCCN=C(N)N)C(N)=O. The van der Waals surface area contributed by atoms with Crippen molar-refractivity contribution in [3.8, 4) is 0 Å². The van der Waals surface area contributed by atoms with Gasteiger partial charge in [0.25, 0.3) is 0 Å². The third kappa shape index (κ3) is 38.2. The normalized spacial score (nSPS) is 16.4. The fourth-order valence-corrected chi connectivity index (χ4v) is 12.5. The molecule has 658 valence electrons. The number of carbonyl (C=O) groups excluding carboxylic acids is 16. The monoisotopic (exact) mass is 1680 g/mol. The predicted octanol–water partition coefficient (Wildman–Crippen LogP) is -12.0. The first-order chi connectivity index (χ1) is 55.1. The molecular weight excluding hydrogens is 1570 g/mol. The van der Waals surface area contributed by atoms with Crippen LogP contribution in [0, 0.1) is 11.8 Å². The van der Waals surface area contributed by atoms with Gasteiger partial charge in [-0.2, -0.15) is 11.8 Å². The number of rotatable bonds is 54. The van der Waals surface area contributed by atoms with Crippen molar-refractivity contribution >= 4 is 136 Å². The number of nitrogens with zero attached hydrogens (tertiary/aromatic N) is 5. The van der Waals surface area contributed by atoms with E-state index in [2.05, 4.69) is 84.1 Å². The molecule has 2 aliphatic heterocycles. The Balaban J connectivity index is 2.36. The Morgan fingerprint density at radius 1 is 0.402 bits per heavy atom. The number of carboxylic acids is 2. The molecule has 2 aliphatic rings. The molecule has 2 rings (SSSR count). The Morgan fingerprint density at radius 2 is 0.726 bits per heavy atom. The number of primary amides is 1. The Labute approximate surface area is 678 Å². The Kier molecular flexibility index (Phi) is 45.9. The Hall–Kier alpha value is -11.5. The minimum atomic E-state index is -1.89. The number of hydrogen-bond acceptors (Lipinski definition) is 25. The minimum absolute atomic E-state index is 0.0106. The molecule has 0 radical (unpaired) electrons. The van der Waals surface area contributed by atoms with Gasteiger partial charge in [0.2, 0.25) is 94.5 Å². The number of nitrogens with one attached hydrogen (secondary N) is 13. The molecule has 48 nitrogen and oxygen atoms in total. The van der Waals surface area contributed by atoms with Gasteiger partial charge in [-0.1, -0.05) is 27.7 Å². The summed E-state index contributed by atoms with van der Waals surface area (Å²) in [5.41, 5.74) is 38.4. The second-order valence-electron chi connectivity index (χ2n) is 28.3. The largest absolute Gasteiger partial charge is 0.481 e. The van der Waals surface area contributed by atoms with E-state index in [1.807, 2.05) is 0 Å². The fourth-order valence-electron chi connectivity index (χ4n) is 12.1. The van der Waals surface area contributed by atoms with Gasteiger partial charge in [-0.25, -0.2) is 0 Å². The van der Waals surface area contributed by atoms with Gasteiger partial charge < -0.3 is 145 Å². The summed E-state index contributed by atoms with van der Waals surface area (Å²) >= 11 is 1.28. The summed E-state index contributed by atoms with van der Waals surface area (Å²) < 4.78 is 0. The zero-order chi connectivity index (χ0) is 88.3. The number of carbonyl (C=O) groups is 18. The van der Waals surface area contributed by atoms with Crippen LogP contribution in [0.1, 0.15) is 131 Å². The molecule has 2 fully saturated rings. The highest BCUT2D eigenvalue weighted by molar-refractivity contribution is 7.98. The zero-order valence-electron chi connectivity index (χ0n) is 66.3. The highest BCUT2D eigenvalue weighted by Crippen LogP contribution is 2.23.